The van der Waals surface area contributed by atoms with Crippen LogP contribution in [0.15, 0.2) is 24.3 Å². The molecule has 5 nitrogen and oxygen atoms in total. The Bertz CT molecular complexity index is 541. The van der Waals surface area contributed by atoms with Crippen LogP contribution in [0.25, 0.3) is 0 Å². The van der Waals surface area contributed by atoms with Crippen LogP contribution in [-0.2, 0) is 10.0 Å². The van der Waals surface area contributed by atoms with E-state index < -0.39 is 14.8 Å². The topological polar surface area (TPSA) is 61.4 Å². The maximum absolute atomic E-state index is 12.1. The lowest BCUT2D eigenvalue weighted by Crippen LogP contribution is -2.43. The molecular formula is C14H23N3O2S. The van der Waals surface area contributed by atoms with Gasteiger partial charge in [-0.2, -0.15) is 0 Å². The molecule has 20 heavy (non-hydrogen) atoms. The van der Waals surface area contributed by atoms with Gasteiger partial charge in [-0.25, -0.2) is 8.42 Å². The van der Waals surface area contributed by atoms with E-state index in [1.807, 2.05) is 24.3 Å². The van der Waals surface area contributed by atoms with E-state index >= 15 is 0 Å². The molecule has 1 aromatic carbocycles. The van der Waals surface area contributed by atoms with E-state index in [9.17, 15) is 8.42 Å². The maximum Gasteiger partial charge on any atom is 0.237 e. The van der Waals surface area contributed by atoms with Crippen molar-refractivity contribution in [3.63, 3.8) is 0 Å². The third-order valence-electron chi connectivity index (χ3n) is 3.41. The van der Waals surface area contributed by atoms with Crippen molar-refractivity contribution in [3.8, 4) is 0 Å². The number of sulfonamides is 1. The minimum absolute atomic E-state index is 0.610. The van der Waals surface area contributed by atoms with Gasteiger partial charge >= 0.3 is 0 Å². The summed E-state index contributed by atoms with van der Waals surface area (Å²) in [5, 5.41) is 3.31. The Kier molecular flexibility index (Phi) is 4.25. The Labute approximate surface area is 121 Å². The SMILES string of the molecule is CC(C)(C)S(=O)(=O)Nc1ccc(N2CCNCC2)cc1. The van der Waals surface area contributed by atoms with Crippen LogP contribution in [-0.4, -0.2) is 39.3 Å². The van der Waals surface area contributed by atoms with Gasteiger partial charge in [0.2, 0.25) is 10.0 Å². The Morgan fingerprint density at radius 3 is 2.15 bits per heavy atom. The summed E-state index contributed by atoms with van der Waals surface area (Å²) in [6.45, 7) is 8.98. The highest BCUT2D eigenvalue weighted by Crippen LogP contribution is 2.22. The number of benzene rings is 1. The Morgan fingerprint density at radius 1 is 1.10 bits per heavy atom. The van der Waals surface area contributed by atoms with E-state index in [0.717, 1.165) is 31.9 Å². The van der Waals surface area contributed by atoms with Crippen LogP contribution >= 0.6 is 0 Å². The van der Waals surface area contributed by atoms with Crippen LogP contribution in [0.1, 0.15) is 20.8 Å². The Morgan fingerprint density at radius 2 is 1.65 bits per heavy atom. The summed E-state index contributed by atoms with van der Waals surface area (Å²) in [6, 6.07) is 7.57. The minimum atomic E-state index is -3.36. The van der Waals surface area contributed by atoms with Gasteiger partial charge in [-0.05, 0) is 45.0 Å². The molecule has 112 valence electrons. The standard InChI is InChI=1S/C14H23N3O2S/c1-14(2,3)20(18,19)16-12-4-6-13(7-5-12)17-10-8-15-9-11-17/h4-7,15-16H,8-11H2,1-3H3. The second kappa shape index (κ2) is 5.61. The molecule has 0 spiro atoms. The third-order valence-corrected chi connectivity index (χ3v) is 5.52. The van der Waals surface area contributed by atoms with Gasteiger partial charge in [0.05, 0.1) is 4.75 Å². The smallest absolute Gasteiger partial charge is 0.237 e. The van der Waals surface area contributed by atoms with Gasteiger partial charge in [0.25, 0.3) is 0 Å². The van der Waals surface area contributed by atoms with Gasteiger partial charge in [0.15, 0.2) is 0 Å². The first-order valence-electron chi connectivity index (χ1n) is 6.88. The molecule has 1 fully saturated rings. The zero-order chi connectivity index (χ0) is 14.8. The molecule has 0 aliphatic carbocycles. The van der Waals surface area contributed by atoms with E-state index in [1.54, 1.807) is 20.8 Å². The highest BCUT2D eigenvalue weighted by molar-refractivity contribution is 7.94. The van der Waals surface area contributed by atoms with E-state index in [2.05, 4.69) is 14.9 Å². The fourth-order valence-corrected chi connectivity index (χ4v) is 2.72. The molecular weight excluding hydrogens is 274 g/mol. The third kappa shape index (κ3) is 3.43. The van der Waals surface area contributed by atoms with Crippen molar-refractivity contribution in [2.45, 2.75) is 25.5 Å². The molecule has 0 amide bonds. The molecule has 1 aliphatic heterocycles. The predicted molar refractivity (Wildman–Crippen MR) is 83.8 cm³/mol. The van der Waals surface area contributed by atoms with Crippen molar-refractivity contribution >= 4 is 21.4 Å². The largest absolute Gasteiger partial charge is 0.369 e. The zero-order valence-electron chi connectivity index (χ0n) is 12.3. The van der Waals surface area contributed by atoms with Crippen molar-refractivity contribution in [1.82, 2.24) is 5.32 Å². The average molecular weight is 297 g/mol. The first kappa shape index (κ1) is 15.1. The highest BCUT2D eigenvalue weighted by Gasteiger charge is 2.28. The first-order chi connectivity index (χ1) is 9.29. The van der Waals surface area contributed by atoms with Gasteiger partial charge in [-0.15, -0.1) is 0 Å². The summed E-state index contributed by atoms with van der Waals surface area (Å²) < 4.78 is 26.0. The molecule has 0 aromatic heterocycles. The first-order valence-corrected chi connectivity index (χ1v) is 8.36. The predicted octanol–water partition coefficient (Wildman–Crippen LogP) is 1.64. The number of rotatable bonds is 3. The quantitative estimate of drug-likeness (QED) is 0.890. The van der Waals surface area contributed by atoms with Crippen LogP contribution in [0, 0.1) is 0 Å². The number of hydrogen-bond donors (Lipinski definition) is 2. The van der Waals surface area contributed by atoms with Crippen molar-refractivity contribution in [3.05, 3.63) is 24.3 Å². The average Bonchev–Trinajstić information content (AvgIpc) is 2.39. The number of anilines is 2. The number of nitrogens with zero attached hydrogens (tertiary/aromatic N) is 1. The number of hydrogen-bond acceptors (Lipinski definition) is 4. The molecule has 0 unspecified atom stereocenters. The molecule has 1 heterocycles. The number of nitrogens with one attached hydrogen (secondary N) is 2. The van der Waals surface area contributed by atoms with Crippen molar-refractivity contribution in [2.24, 2.45) is 0 Å². The summed E-state index contributed by atoms with van der Waals surface area (Å²) in [4.78, 5) is 2.29. The lowest BCUT2D eigenvalue weighted by atomic mass is 10.2. The normalized spacial score (nSPS) is 17.1. The molecule has 2 N–H and O–H groups in total. The second-order valence-corrected chi connectivity index (χ2v) is 8.44. The zero-order valence-corrected chi connectivity index (χ0v) is 13.1. The lowest BCUT2D eigenvalue weighted by Gasteiger charge is -2.29. The van der Waals surface area contributed by atoms with Crippen LogP contribution in [0.3, 0.4) is 0 Å². The molecule has 1 aromatic rings. The van der Waals surface area contributed by atoms with E-state index in [4.69, 9.17) is 0 Å². The molecule has 0 saturated carbocycles. The molecule has 0 atom stereocenters. The van der Waals surface area contributed by atoms with E-state index in [0.29, 0.717) is 5.69 Å². The molecule has 0 bridgehead atoms. The number of piperazine rings is 1. The van der Waals surface area contributed by atoms with Crippen LogP contribution in [0.5, 0.6) is 0 Å². The summed E-state index contributed by atoms with van der Waals surface area (Å²) in [5.41, 5.74) is 1.74. The summed E-state index contributed by atoms with van der Waals surface area (Å²) in [5.74, 6) is 0. The minimum Gasteiger partial charge on any atom is -0.369 e. The van der Waals surface area contributed by atoms with E-state index in [1.165, 1.54) is 0 Å². The maximum atomic E-state index is 12.1. The summed E-state index contributed by atoms with van der Waals surface area (Å²) >= 11 is 0. The molecule has 6 heteroatoms. The van der Waals surface area contributed by atoms with Crippen molar-refractivity contribution in [1.29, 1.82) is 0 Å². The fourth-order valence-electron chi connectivity index (χ4n) is 1.97. The van der Waals surface area contributed by atoms with Gasteiger partial charge < -0.3 is 10.2 Å². The fraction of sp³-hybridized carbons (Fsp3) is 0.571. The molecule has 1 aliphatic rings. The monoisotopic (exact) mass is 297 g/mol. The molecule has 0 radical (unpaired) electrons. The van der Waals surface area contributed by atoms with Crippen LogP contribution in [0.2, 0.25) is 0 Å². The van der Waals surface area contributed by atoms with Gasteiger partial charge in [-0.1, -0.05) is 0 Å². The van der Waals surface area contributed by atoms with Crippen molar-refractivity contribution < 1.29 is 8.42 Å². The highest BCUT2D eigenvalue weighted by atomic mass is 32.2. The second-order valence-electron chi connectivity index (χ2n) is 6.00. The Hall–Kier alpha value is -1.27. The van der Waals surface area contributed by atoms with E-state index in [-0.39, 0.29) is 0 Å². The van der Waals surface area contributed by atoms with Gasteiger partial charge in [-0.3, -0.25) is 4.72 Å². The summed E-state index contributed by atoms with van der Waals surface area (Å²) in [7, 11) is -3.36. The van der Waals surface area contributed by atoms with Crippen LogP contribution in [0.4, 0.5) is 11.4 Å². The Balaban J connectivity index is 2.09. The summed E-state index contributed by atoms with van der Waals surface area (Å²) in [6.07, 6.45) is 0. The lowest BCUT2D eigenvalue weighted by molar-refractivity contribution is 0.566. The van der Waals surface area contributed by atoms with Gasteiger partial charge in [0.1, 0.15) is 0 Å². The van der Waals surface area contributed by atoms with Gasteiger partial charge in [0, 0.05) is 37.6 Å². The molecule has 2 rings (SSSR count). The van der Waals surface area contributed by atoms with Crippen LogP contribution < -0.4 is 14.9 Å². The van der Waals surface area contributed by atoms with Crippen molar-refractivity contribution in [2.75, 3.05) is 35.8 Å². The molecule has 1 saturated heterocycles.